The zero-order chi connectivity index (χ0) is 14.5. The van der Waals surface area contributed by atoms with E-state index in [1.807, 2.05) is 0 Å². The highest BCUT2D eigenvalue weighted by Crippen LogP contribution is 2.18. The number of hydrogen-bond donors (Lipinski definition) is 3. The van der Waals surface area contributed by atoms with Crippen LogP contribution in [0.3, 0.4) is 0 Å². The fourth-order valence-corrected chi connectivity index (χ4v) is 1.86. The van der Waals surface area contributed by atoms with Gasteiger partial charge in [-0.2, -0.15) is 0 Å². The van der Waals surface area contributed by atoms with Gasteiger partial charge >= 0.3 is 0 Å². The number of nitrogens with one attached hydrogen (secondary N) is 2. The minimum absolute atomic E-state index is 0.0235. The van der Waals surface area contributed by atoms with Crippen molar-refractivity contribution in [3.8, 4) is 0 Å². The van der Waals surface area contributed by atoms with Crippen LogP contribution in [0.1, 0.15) is 11.4 Å². The molecule has 2 aromatic rings. The summed E-state index contributed by atoms with van der Waals surface area (Å²) in [4.78, 5) is 21.2. The van der Waals surface area contributed by atoms with Gasteiger partial charge in [-0.15, -0.1) is 0 Å². The Bertz CT molecular complexity index is 585. The van der Waals surface area contributed by atoms with Crippen LogP contribution in [0, 0.1) is 17.0 Å². The molecule has 0 fully saturated rings. The van der Waals surface area contributed by atoms with E-state index < -0.39 is 4.92 Å². The first-order chi connectivity index (χ1) is 9.60. The van der Waals surface area contributed by atoms with Gasteiger partial charge in [0.25, 0.3) is 5.69 Å². The first-order valence-corrected chi connectivity index (χ1v) is 6.07. The molecule has 0 bridgehead atoms. The highest BCUT2D eigenvalue weighted by Gasteiger charge is 2.14. The van der Waals surface area contributed by atoms with Crippen molar-refractivity contribution in [2.75, 3.05) is 11.9 Å². The Hall–Kier alpha value is -2.48. The van der Waals surface area contributed by atoms with E-state index in [-0.39, 0.29) is 18.3 Å². The van der Waals surface area contributed by atoms with Crippen molar-refractivity contribution < 1.29 is 10.0 Å². The molecule has 8 heteroatoms. The predicted octanol–water partition coefficient (Wildman–Crippen LogP) is 1.04. The molecule has 0 saturated heterocycles. The van der Waals surface area contributed by atoms with Gasteiger partial charge in [-0.25, -0.2) is 9.97 Å². The molecule has 2 heterocycles. The average Bonchev–Trinajstić information content (AvgIpc) is 2.90. The maximum atomic E-state index is 10.7. The second-order valence-electron chi connectivity index (χ2n) is 4.36. The summed E-state index contributed by atoms with van der Waals surface area (Å²) < 4.78 is 0. The molecule has 20 heavy (non-hydrogen) atoms. The minimum Gasteiger partial charge on any atom is -0.394 e. The lowest BCUT2D eigenvalue weighted by atomic mass is 10.2. The second kappa shape index (κ2) is 6.11. The average molecular weight is 277 g/mol. The van der Waals surface area contributed by atoms with E-state index in [4.69, 9.17) is 0 Å². The van der Waals surface area contributed by atoms with E-state index >= 15 is 0 Å². The predicted molar refractivity (Wildman–Crippen MR) is 72.4 cm³/mol. The Balaban J connectivity index is 2.07. The highest BCUT2D eigenvalue weighted by molar-refractivity contribution is 5.45. The van der Waals surface area contributed by atoms with Gasteiger partial charge in [0.2, 0.25) is 0 Å². The fourth-order valence-electron chi connectivity index (χ4n) is 1.86. The number of imidazole rings is 1. The molecule has 0 unspecified atom stereocenters. The van der Waals surface area contributed by atoms with Crippen LogP contribution in [-0.2, 0) is 6.42 Å². The molecule has 2 rings (SSSR count). The number of nitro groups is 1. The molecule has 0 aromatic carbocycles. The lowest BCUT2D eigenvalue weighted by molar-refractivity contribution is -0.385. The Morgan fingerprint density at radius 2 is 2.35 bits per heavy atom. The number of nitrogens with zero attached hydrogens (tertiary/aromatic N) is 3. The summed E-state index contributed by atoms with van der Waals surface area (Å²) in [5, 5.41) is 23.1. The summed E-state index contributed by atoms with van der Waals surface area (Å²) in [6.07, 6.45) is 3.80. The maximum Gasteiger partial charge on any atom is 0.290 e. The van der Waals surface area contributed by atoms with Crippen LogP contribution in [0.2, 0.25) is 0 Å². The van der Waals surface area contributed by atoms with Crippen LogP contribution in [0.25, 0.3) is 0 Å². The second-order valence-corrected chi connectivity index (χ2v) is 4.36. The Morgan fingerprint density at radius 3 is 2.90 bits per heavy atom. The molecule has 0 amide bonds. The number of aliphatic hydroxyl groups excluding tert-OH is 1. The summed E-state index contributed by atoms with van der Waals surface area (Å²) in [7, 11) is 0. The first kappa shape index (κ1) is 13.9. The normalized spacial score (nSPS) is 12.1. The standard InChI is InChI=1S/C12H15N5O3/c1-8-11(17(19)20)2-3-12(15-8)16-10(6-18)4-9-5-13-7-14-9/h2-3,5,7,10,18H,4,6H2,1H3,(H,13,14)(H,15,16)/t10-/m0/s1. The topological polar surface area (TPSA) is 117 Å². The molecule has 3 N–H and O–H groups in total. The third-order valence-electron chi connectivity index (χ3n) is 2.85. The summed E-state index contributed by atoms with van der Waals surface area (Å²) in [6.45, 7) is 1.49. The zero-order valence-corrected chi connectivity index (χ0v) is 10.9. The highest BCUT2D eigenvalue weighted by atomic mass is 16.6. The molecule has 8 nitrogen and oxygen atoms in total. The fraction of sp³-hybridized carbons (Fsp3) is 0.333. The van der Waals surface area contributed by atoms with Crippen molar-refractivity contribution in [2.24, 2.45) is 0 Å². The van der Waals surface area contributed by atoms with E-state index in [2.05, 4.69) is 20.3 Å². The lowest BCUT2D eigenvalue weighted by Crippen LogP contribution is -2.27. The Labute approximate surface area is 115 Å². The van der Waals surface area contributed by atoms with Crippen molar-refractivity contribution in [1.82, 2.24) is 15.0 Å². The first-order valence-electron chi connectivity index (χ1n) is 6.07. The summed E-state index contributed by atoms with van der Waals surface area (Å²) >= 11 is 0. The van der Waals surface area contributed by atoms with E-state index in [1.54, 1.807) is 19.4 Å². The van der Waals surface area contributed by atoms with E-state index in [1.165, 1.54) is 12.1 Å². The minimum atomic E-state index is -0.472. The lowest BCUT2D eigenvalue weighted by Gasteiger charge is -2.16. The molecular weight excluding hydrogens is 262 g/mol. The van der Waals surface area contributed by atoms with Gasteiger partial charge in [0.05, 0.1) is 23.9 Å². The quantitative estimate of drug-likeness (QED) is 0.536. The van der Waals surface area contributed by atoms with Crippen LogP contribution in [-0.4, -0.2) is 37.6 Å². The van der Waals surface area contributed by atoms with Crippen molar-refractivity contribution in [3.63, 3.8) is 0 Å². The van der Waals surface area contributed by atoms with Crippen molar-refractivity contribution in [3.05, 3.63) is 46.2 Å². The van der Waals surface area contributed by atoms with Crippen molar-refractivity contribution in [1.29, 1.82) is 0 Å². The molecular formula is C12H15N5O3. The number of rotatable bonds is 6. The van der Waals surface area contributed by atoms with Crippen LogP contribution < -0.4 is 5.32 Å². The largest absolute Gasteiger partial charge is 0.394 e. The summed E-state index contributed by atoms with van der Waals surface area (Å²) in [6, 6.07) is 2.68. The monoisotopic (exact) mass is 277 g/mol. The summed E-state index contributed by atoms with van der Waals surface area (Å²) in [5.74, 6) is 0.492. The molecule has 0 radical (unpaired) electrons. The number of anilines is 1. The number of aliphatic hydroxyl groups is 1. The van der Waals surface area contributed by atoms with Crippen LogP contribution in [0.4, 0.5) is 11.5 Å². The SMILES string of the molecule is Cc1nc(N[C@H](CO)Cc2cnc[nH]2)ccc1[N+](=O)[O-]. The van der Waals surface area contributed by atoms with Crippen LogP contribution in [0.5, 0.6) is 0 Å². The Kier molecular flexibility index (Phi) is 4.26. The molecule has 0 aliphatic carbocycles. The van der Waals surface area contributed by atoms with Crippen LogP contribution >= 0.6 is 0 Å². The van der Waals surface area contributed by atoms with Gasteiger partial charge < -0.3 is 15.4 Å². The molecule has 0 spiro atoms. The van der Waals surface area contributed by atoms with Gasteiger partial charge in [0, 0.05) is 24.4 Å². The van der Waals surface area contributed by atoms with E-state index in [0.29, 0.717) is 17.9 Å². The van der Waals surface area contributed by atoms with Gasteiger partial charge in [0.15, 0.2) is 0 Å². The number of hydrogen-bond acceptors (Lipinski definition) is 6. The number of pyridine rings is 1. The van der Waals surface area contributed by atoms with Crippen LogP contribution in [0.15, 0.2) is 24.7 Å². The molecule has 0 saturated carbocycles. The van der Waals surface area contributed by atoms with E-state index in [9.17, 15) is 15.2 Å². The summed E-state index contributed by atoms with van der Waals surface area (Å²) in [5.41, 5.74) is 1.19. The number of aryl methyl sites for hydroxylation is 1. The number of aromatic nitrogens is 3. The number of H-pyrrole nitrogens is 1. The van der Waals surface area contributed by atoms with E-state index in [0.717, 1.165) is 5.69 Å². The zero-order valence-electron chi connectivity index (χ0n) is 10.9. The van der Waals surface area contributed by atoms with Gasteiger partial charge in [-0.3, -0.25) is 10.1 Å². The maximum absolute atomic E-state index is 10.7. The van der Waals surface area contributed by atoms with Gasteiger partial charge in [0.1, 0.15) is 11.5 Å². The molecule has 2 aromatic heterocycles. The number of aromatic amines is 1. The van der Waals surface area contributed by atoms with Gasteiger partial charge in [-0.05, 0) is 13.0 Å². The molecule has 0 aliphatic rings. The van der Waals surface area contributed by atoms with Crippen molar-refractivity contribution in [2.45, 2.75) is 19.4 Å². The third-order valence-corrected chi connectivity index (χ3v) is 2.85. The molecule has 0 aliphatic heterocycles. The molecule has 106 valence electrons. The van der Waals surface area contributed by atoms with Crippen molar-refractivity contribution >= 4 is 11.5 Å². The smallest absolute Gasteiger partial charge is 0.290 e. The van der Waals surface area contributed by atoms with Gasteiger partial charge in [-0.1, -0.05) is 0 Å². The molecule has 1 atom stereocenters. The Morgan fingerprint density at radius 1 is 1.55 bits per heavy atom. The third kappa shape index (κ3) is 3.29.